The van der Waals surface area contributed by atoms with Crippen molar-refractivity contribution in [3.8, 4) is 0 Å². The molecule has 16 heteroatoms. The van der Waals surface area contributed by atoms with Crippen molar-refractivity contribution in [1.82, 2.24) is 20.7 Å². The first kappa shape index (κ1) is 36.4. The lowest BCUT2D eigenvalue weighted by molar-refractivity contribution is -0.150. The molecule has 3 rings (SSSR count). The number of nitrogens with one attached hydrogen (secondary N) is 4. The lowest BCUT2D eigenvalue weighted by Gasteiger charge is -2.29. The molecule has 0 radical (unpaired) electrons. The molecule has 13 nitrogen and oxygen atoms in total. The summed E-state index contributed by atoms with van der Waals surface area (Å²) >= 11 is 0. The second-order valence-electron chi connectivity index (χ2n) is 11.2. The molecule has 0 aromatic heterocycles. The molecular formula is C29H40N4O9S3. The Labute approximate surface area is 270 Å². The van der Waals surface area contributed by atoms with E-state index in [0.717, 1.165) is 5.56 Å². The van der Waals surface area contributed by atoms with Gasteiger partial charge in [-0.1, -0.05) is 59.2 Å². The molecule has 45 heavy (non-hydrogen) atoms. The van der Waals surface area contributed by atoms with E-state index in [9.17, 15) is 37.5 Å². The molecule has 0 saturated carbocycles. The zero-order valence-electron chi connectivity index (χ0n) is 25.3. The number of hydrogen-bond acceptors (Lipinski definition) is 11. The highest BCUT2D eigenvalue weighted by molar-refractivity contribution is 8.76. The predicted octanol–water partition coefficient (Wildman–Crippen LogP) is 1.10. The number of carbonyl (C=O) groups is 5. The highest BCUT2D eigenvalue weighted by Gasteiger charge is 2.32. The van der Waals surface area contributed by atoms with E-state index in [-0.39, 0.29) is 42.2 Å². The summed E-state index contributed by atoms with van der Waals surface area (Å²) < 4.78 is 32.8. The Morgan fingerprint density at radius 2 is 1.76 bits per heavy atom. The minimum Gasteiger partial charge on any atom is -0.457 e. The Balaban J connectivity index is 1.86. The van der Waals surface area contributed by atoms with E-state index in [1.165, 1.54) is 33.7 Å². The van der Waals surface area contributed by atoms with Crippen LogP contribution in [0.25, 0.3) is 0 Å². The zero-order chi connectivity index (χ0) is 33.1. The molecule has 0 aliphatic carbocycles. The van der Waals surface area contributed by atoms with Gasteiger partial charge in [-0.15, -0.1) is 0 Å². The van der Waals surface area contributed by atoms with Crippen LogP contribution >= 0.6 is 21.6 Å². The number of aryl methyl sites for hydroxylation is 1. The van der Waals surface area contributed by atoms with Crippen molar-refractivity contribution in [2.24, 2.45) is 5.92 Å². The third-order valence-electron chi connectivity index (χ3n) is 7.09. The van der Waals surface area contributed by atoms with Gasteiger partial charge in [0.2, 0.25) is 23.6 Å². The van der Waals surface area contributed by atoms with Crippen LogP contribution in [0.2, 0.25) is 0 Å². The first-order chi connectivity index (χ1) is 21.2. The minimum atomic E-state index is -4.17. The van der Waals surface area contributed by atoms with Gasteiger partial charge in [0.1, 0.15) is 18.2 Å². The number of esters is 1. The van der Waals surface area contributed by atoms with Crippen LogP contribution in [0.15, 0.2) is 41.3 Å². The number of benzene rings is 1. The van der Waals surface area contributed by atoms with Gasteiger partial charge in [-0.05, 0) is 43.9 Å². The van der Waals surface area contributed by atoms with Gasteiger partial charge in [0.05, 0.1) is 23.8 Å². The van der Waals surface area contributed by atoms with Gasteiger partial charge in [-0.25, -0.2) is 13.1 Å². The smallest absolute Gasteiger partial charge is 0.309 e. The Hall–Kier alpha value is -3.08. The summed E-state index contributed by atoms with van der Waals surface area (Å²) in [5.41, 5.74) is 0.835. The molecule has 248 valence electrons. The monoisotopic (exact) mass is 684 g/mol. The van der Waals surface area contributed by atoms with E-state index in [2.05, 4.69) is 16.0 Å². The average Bonchev–Trinajstić information content (AvgIpc) is 2.94. The van der Waals surface area contributed by atoms with Crippen molar-refractivity contribution in [2.75, 3.05) is 11.5 Å². The standard InChI is InChI=1S/C29H40N4O9S3/c1-17(2)23-13-19(34)14-27(37)42-20-5-4-12-43-44-16-24(29(39)31-23)32-28(38)22(30-26(36)15-20)10-11-25(35)33-45(40,41)21-8-6-18(3)7-9-21/h4-9,17,19-20,22-24,34H,10-16H2,1-3H3,(H,30,36)(H,31,39)(H,32,38)(H,33,35)/b5-4+/t19-,20-,22+,23-,24-/m1/s1. The van der Waals surface area contributed by atoms with Crippen LogP contribution in [0.1, 0.15) is 51.5 Å². The number of aliphatic hydroxyl groups excluding tert-OH is 1. The number of rotatable bonds is 6. The predicted molar refractivity (Wildman–Crippen MR) is 170 cm³/mol. The summed E-state index contributed by atoms with van der Waals surface area (Å²) in [6.07, 6.45) is -0.221. The number of hydrogen-bond donors (Lipinski definition) is 5. The van der Waals surface area contributed by atoms with Crippen LogP contribution < -0.4 is 20.7 Å². The Morgan fingerprint density at radius 3 is 2.44 bits per heavy atom. The SMILES string of the molecule is Cc1ccc(S(=O)(=O)NC(=O)CC[C@@H]2NC(=O)C[C@H]3/C=C/CSSC[C@@H](NC2=O)C(=O)N[C@@H](C(C)C)C[C@@H](O)CC(=O)O3)cc1. The lowest BCUT2D eigenvalue weighted by Crippen LogP contribution is -2.57. The number of ether oxygens (including phenoxy) is 1. The van der Waals surface area contributed by atoms with E-state index in [1.54, 1.807) is 31.2 Å². The highest BCUT2D eigenvalue weighted by Crippen LogP contribution is 2.24. The zero-order valence-corrected chi connectivity index (χ0v) is 27.8. The van der Waals surface area contributed by atoms with Gasteiger partial charge in [-0.2, -0.15) is 0 Å². The lowest BCUT2D eigenvalue weighted by atomic mass is 9.96. The fourth-order valence-electron chi connectivity index (χ4n) is 4.54. The van der Waals surface area contributed by atoms with Crippen LogP contribution in [0, 0.1) is 12.8 Å². The van der Waals surface area contributed by atoms with E-state index < -0.39 is 76.4 Å². The normalized spacial score (nSPS) is 26.6. The molecule has 1 aromatic rings. The molecule has 2 bridgehead atoms. The topological polar surface area (TPSA) is 197 Å². The van der Waals surface area contributed by atoms with Crippen LogP contribution in [0.3, 0.4) is 0 Å². The van der Waals surface area contributed by atoms with Crippen molar-refractivity contribution in [2.45, 2.75) is 88.1 Å². The molecule has 2 aliphatic rings. The molecule has 1 aromatic carbocycles. The molecule has 0 unspecified atom stereocenters. The van der Waals surface area contributed by atoms with Crippen LogP contribution in [0.5, 0.6) is 0 Å². The summed E-state index contributed by atoms with van der Waals surface area (Å²) in [7, 11) is -1.44. The molecule has 2 aliphatic heterocycles. The van der Waals surface area contributed by atoms with Crippen LogP contribution in [-0.2, 0) is 38.7 Å². The summed E-state index contributed by atoms with van der Waals surface area (Å²) in [4.78, 5) is 65.2. The largest absolute Gasteiger partial charge is 0.457 e. The second-order valence-corrected chi connectivity index (χ2v) is 15.5. The van der Waals surface area contributed by atoms with Gasteiger partial charge in [0.25, 0.3) is 10.0 Å². The number of carbonyl (C=O) groups excluding carboxylic acids is 5. The maximum absolute atomic E-state index is 13.5. The van der Waals surface area contributed by atoms with E-state index >= 15 is 0 Å². The average molecular weight is 685 g/mol. The Bertz CT molecular complexity index is 1370. The maximum atomic E-state index is 13.5. The summed E-state index contributed by atoms with van der Waals surface area (Å²) in [6.45, 7) is 5.49. The van der Waals surface area contributed by atoms with E-state index in [0.29, 0.717) is 5.75 Å². The van der Waals surface area contributed by atoms with Gasteiger partial charge in [-0.3, -0.25) is 24.0 Å². The van der Waals surface area contributed by atoms with Gasteiger partial charge in [0.15, 0.2) is 0 Å². The first-order valence-electron chi connectivity index (χ1n) is 14.5. The third-order valence-corrected chi connectivity index (χ3v) is 10.8. The van der Waals surface area contributed by atoms with Crippen molar-refractivity contribution >= 4 is 61.2 Å². The fraction of sp³-hybridized carbons (Fsp3) is 0.552. The number of amides is 4. The molecule has 0 spiro atoms. The summed E-state index contributed by atoms with van der Waals surface area (Å²) in [5.74, 6) is -3.08. The molecule has 5 atom stereocenters. The van der Waals surface area contributed by atoms with Gasteiger partial charge < -0.3 is 25.8 Å². The molecule has 5 N–H and O–H groups in total. The van der Waals surface area contributed by atoms with Crippen LogP contribution in [0.4, 0.5) is 0 Å². The molecule has 0 fully saturated rings. The second kappa shape index (κ2) is 17.0. The van der Waals surface area contributed by atoms with E-state index in [1.807, 2.05) is 18.6 Å². The van der Waals surface area contributed by atoms with Crippen molar-refractivity contribution in [3.05, 3.63) is 42.0 Å². The van der Waals surface area contributed by atoms with Crippen molar-refractivity contribution < 1.29 is 42.2 Å². The molecule has 2 heterocycles. The van der Waals surface area contributed by atoms with Gasteiger partial charge >= 0.3 is 5.97 Å². The number of fused-ring (bicyclic) bond motifs is 6. The van der Waals surface area contributed by atoms with Crippen molar-refractivity contribution in [1.29, 1.82) is 0 Å². The highest BCUT2D eigenvalue weighted by atomic mass is 33.1. The van der Waals surface area contributed by atoms with E-state index in [4.69, 9.17) is 4.74 Å². The fourth-order valence-corrected chi connectivity index (χ4v) is 7.53. The number of sulfonamides is 1. The van der Waals surface area contributed by atoms with Crippen LogP contribution in [-0.4, -0.2) is 85.0 Å². The molecule has 4 amide bonds. The maximum Gasteiger partial charge on any atom is 0.309 e. The van der Waals surface area contributed by atoms with Crippen molar-refractivity contribution in [3.63, 3.8) is 0 Å². The Morgan fingerprint density at radius 1 is 1.04 bits per heavy atom. The molecular weight excluding hydrogens is 645 g/mol. The summed E-state index contributed by atoms with van der Waals surface area (Å²) in [6, 6.07) is 3.01. The molecule has 0 saturated heterocycles. The minimum absolute atomic E-state index is 0.0608. The first-order valence-corrected chi connectivity index (χ1v) is 18.5. The third kappa shape index (κ3) is 12.0. The Kier molecular flexibility index (Phi) is 13.8. The summed E-state index contributed by atoms with van der Waals surface area (Å²) in [5, 5.41) is 18.6. The van der Waals surface area contributed by atoms with Gasteiger partial charge in [0, 0.05) is 24.0 Å². The number of aliphatic hydroxyl groups is 1. The quantitative estimate of drug-likeness (QED) is 0.163.